The number of methoxy groups -OCH3 is 1. The van der Waals surface area contributed by atoms with Gasteiger partial charge in [-0.15, -0.1) is 0 Å². The maximum atomic E-state index is 5.06. The Labute approximate surface area is 142 Å². The van der Waals surface area contributed by atoms with Gasteiger partial charge in [-0.1, -0.05) is 95.3 Å². The van der Waals surface area contributed by atoms with Crippen LogP contribution >= 0.6 is 0 Å². The van der Waals surface area contributed by atoms with Crippen LogP contribution in [0.5, 0.6) is 0 Å². The quantitative estimate of drug-likeness (QED) is 0.646. The number of rotatable bonds is 4. The number of ether oxygens (including phenoxy) is 1. The molecule has 1 unspecified atom stereocenters. The minimum absolute atomic E-state index is 0.362. The van der Waals surface area contributed by atoms with Crippen LogP contribution in [0.1, 0.15) is 57.6 Å². The van der Waals surface area contributed by atoms with Gasteiger partial charge in [-0.3, -0.25) is 0 Å². The first-order valence-corrected chi connectivity index (χ1v) is 8.45. The third kappa shape index (κ3) is 7.00. The van der Waals surface area contributed by atoms with E-state index in [0.29, 0.717) is 17.3 Å². The zero-order chi connectivity index (χ0) is 17.3. The van der Waals surface area contributed by atoms with Gasteiger partial charge in [-0.25, -0.2) is 0 Å². The van der Waals surface area contributed by atoms with Gasteiger partial charge in [-0.05, 0) is 22.5 Å². The standard InChI is InChI=1S/C12H18.C10H14O/c1-10(12(2,3)4)11-8-6-5-7-9-11;1-9(8-11-2)10-6-4-3-5-7-10/h5-10H,1-4H3;3-7,9H,8H2,1-2H3/t10-;/m1./s1. The van der Waals surface area contributed by atoms with Crippen molar-refractivity contribution in [1.82, 2.24) is 0 Å². The minimum Gasteiger partial charge on any atom is -0.384 e. The van der Waals surface area contributed by atoms with Gasteiger partial charge in [-0.2, -0.15) is 0 Å². The summed E-state index contributed by atoms with van der Waals surface area (Å²) in [6.07, 6.45) is 0. The molecule has 1 nitrogen and oxygen atoms in total. The summed E-state index contributed by atoms with van der Waals surface area (Å²) < 4.78 is 5.06. The lowest BCUT2D eigenvalue weighted by molar-refractivity contribution is 0.184. The van der Waals surface area contributed by atoms with Crippen molar-refractivity contribution in [2.45, 2.75) is 46.5 Å². The van der Waals surface area contributed by atoms with E-state index in [9.17, 15) is 0 Å². The lowest BCUT2D eigenvalue weighted by atomic mass is 9.78. The summed E-state index contributed by atoms with van der Waals surface area (Å²) in [6, 6.07) is 21.1. The molecule has 0 aliphatic rings. The van der Waals surface area contributed by atoms with Gasteiger partial charge in [0.05, 0.1) is 6.61 Å². The molecule has 2 aromatic carbocycles. The highest BCUT2D eigenvalue weighted by molar-refractivity contribution is 5.20. The van der Waals surface area contributed by atoms with Crippen molar-refractivity contribution in [2.24, 2.45) is 5.41 Å². The smallest absolute Gasteiger partial charge is 0.0528 e. The van der Waals surface area contributed by atoms with E-state index in [-0.39, 0.29) is 0 Å². The maximum absolute atomic E-state index is 5.06. The molecule has 0 spiro atoms. The van der Waals surface area contributed by atoms with E-state index in [0.717, 1.165) is 6.61 Å². The van der Waals surface area contributed by atoms with E-state index in [4.69, 9.17) is 4.74 Å². The molecule has 0 fully saturated rings. The van der Waals surface area contributed by atoms with E-state index in [1.165, 1.54) is 11.1 Å². The third-order valence-corrected chi connectivity index (χ3v) is 4.38. The first-order chi connectivity index (χ1) is 10.9. The molecule has 0 radical (unpaired) electrons. The molecule has 0 aromatic heterocycles. The van der Waals surface area contributed by atoms with Crippen molar-refractivity contribution in [1.29, 1.82) is 0 Å². The van der Waals surface area contributed by atoms with Crippen LogP contribution in [0.4, 0.5) is 0 Å². The van der Waals surface area contributed by atoms with Crippen LogP contribution in [0, 0.1) is 5.41 Å². The zero-order valence-corrected chi connectivity index (χ0v) is 15.5. The SMILES string of the molecule is COCC(C)c1ccccc1.C[C@H](c1ccccc1)C(C)(C)C. The second kappa shape index (κ2) is 9.52. The zero-order valence-electron chi connectivity index (χ0n) is 15.5. The summed E-state index contributed by atoms with van der Waals surface area (Å²) in [5.74, 6) is 1.12. The summed E-state index contributed by atoms with van der Waals surface area (Å²) in [6.45, 7) is 12.1. The molecule has 0 bridgehead atoms. The lowest BCUT2D eigenvalue weighted by Gasteiger charge is -2.27. The van der Waals surface area contributed by atoms with Crippen LogP contribution in [0.2, 0.25) is 0 Å². The summed E-state index contributed by atoms with van der Waals surface area (Å²) in [4.78, 5) is 0. The van der Waals surface area contributed by atoms with Crippen LogP contribution in [0.15, 0.2) is 60.7 Å². The highest BCUT2D eigenvalue weighted by Crippen LogP contribution is 2.33. The monoisotopic (exact) mass is 312 g/mol. The highest BCUT2D eigenvalue weighted by atomic mass is 16.5. The predicted molar refractivity (Wildman–Crippen MR) is 101 cm³/mol. The predicted octanol–water partition coefficient (Wildman–Crippen LogP) is 6.27. The van der Waals surface area contributed by atoms with Crippen LogP contribution in [-0.2, 0) is 4.74 Å². The Morgan fingerprint density at radius 1 is 0.783 bits per heavy atom. The first-order valence-electron chi connectivity index (χ1n) is 8.45. The van der Waals surface area contributed by atoms with Crippen molar-refractivity contribution < 1.29 is 4.74 Å². The normalized spacial score (nSPS) is 13.7. The largest absolute Gasteiger partial charge is 0.384 e. The van der Waals surface area contributed by atoms with Crippen molar-refractivity contribution in [3.05, 3.63) is 71.8 Å². The molecular formula is C22H32O. The molecule has 0 saturated heterocycles. The van der Waals surface area contributed by atoms with Crippen molar-refractivity contribution in [3.63, 3.8) is 0 Å². The summed E-state index contributed by atoms with van der Waals surface area (Å²) in [5, 5.41) is 0. The topological polar surface area (TPSA) is 9.23 Å². The molecule has 1 heteroatoms. The Balaban J connectivity index is 0.000000231. The van der Waals surface area contributed by atoms with E-state index >= 15 is 0 Å². The molecule has 0 saturated carbocycles. The maximum Gasteiger partial charge on any atom is 0.0528 e. The number of benzene rings is 2. The van der Waals surface area contributed by atoms with Gasteiger partial charge < -0.3 is 4.74 Å². The Morgan fingerprint density at radius 2 is 1.22 bits per heavy atom. The van der Waals surface area contributed by atoms with Crippen molar-refractivity contribution >= 4 is 0 Å². The fourth-order valence-corrected chi connectivity index (χ4v) is 2.37. The second-order valence-corrected chi connectivity index (χ2v) is 7.27. The van der Waals surface area contributed by atoms with Gasteiger partial charge >= 0.3 is 0 Å². The van der Waals surface area contributed by atoms with Crippen LogP contribution < -0.4 is 0 Å². The van der Waals surface area contributed by atoms with Gasteiger partial charge in [0.25, 0.3) is 0 Å². The van der Waals surface area contributed by atoms with Gasteiger partial charge in [0.15, 0.2) is 0 Å². The van der Waals surface area contributed by atoms with E-state index in [2.05, 4.69) is 89.2 Å². The average molecular weight is 312 g/mol. The third-order valence-electron chi connectivity index (χ3n) is 4.38. The Morgan fingerprint density at radius 3 is 1.61 bits per heavy atom. The van der Waals surface area contributed by atoms with E-state index < -0.39 is 0 Å². The summed E-state index contributed by atoms with van der Waals surface area (Å²) in [7, 11) is 1.74. The molecule has 126 valence electrons. The molecule has 2 rings (SSSR count). The summed E-state index contributed by atoms with van der Waals surface area (Å²) in [5.41, 5.74) is 3.14. The lowest BCUT2D eigenvalue weighted by Crippen LogP contribution is -2.14. The molecule has 23 heavy (non-hydrogen) atoms. The second-order valence-electron chi connectivity index (χ2n) is 7.27. The van der Waals surface area contributed by atoms with Crippen LogP contribution in [0.25, 0.3) is 0 Å². The molecule has 0 aliphatic heterocycles. The van der Waals surface area contributed by atoms with E-state index in [1.54, 1.807) is 7.11 Å². The Bertz CT molecular complexity index is 525. The molecular weight excluding hydrogens is 280 g/mol. The summed E-state index contributed by atoms with van der Waals surface area (Å²) >= 11 is 0. The Kier molecular flexibility index (Phi) is 8.05. The van der Waals surface area contributed by atoms with Crippen LogP contribution in [-0.4, -0.2) is 13.7 Å². The van der Waals surface area contributed by atoms with Gasteiger partial charge in [0.2, 0.25) is 0 Å². The van der Waals surface area contributed by atoms with Crippen molar-refractivity contribution in [2.75, 3.05) is 13.7 Å². The molecule has 0 amide bonds. The highest BCUT2D eigenvalue weighted by Gasteiger charge is 2.20. The molecule has 2 aromatic rings. The molecule has 2 atom stereocenters. The number of hydrogen-bond acceptors (Lipinski definition) is 1. The Hall–Kier alpha value is -1.60. The van der Waals surface area contributed by atoms with Crippen LogP contribution in [0.3, 0.4) is 0 Å². The number of hydrogen-bond donors (Lipinski definition) is 0. The fraction of sp³-hybridized carbons (Fsp3) is 0.455. The van der Waals surface area contributed by atoms with Crippen molar-refractivity contribution in [3.8, 4) is 0 Å². The van der Waals surface area contributed by atoms with E-state index in [1.807, 2.05) is 6.07 Å². The molecule has 0 N–H and O–H groups in total. The molecule has 0 aliphatic carbocycles. The first kappa shape index (κ1) is 19.4. The van der Waals surface area contributed by atoms with Gasteiger partial charge in [0.1, 0.15) is 0 Å². The molecule has 0 heterocycles. The average Bonchev–Trinajstić information content (AvgIpc) is 2.56. The van der Waals surface area contributed by atoms with Gasteiger partial charge in [0, 0.05) is 13.0 Å². The minimum atomic E-state index is 0.362. The fourth-order valence-electron chi connectivity index (χ4n) is 2.37.